The Hall–Kier alpha value is -13.4. The van der Waals surface area contributed by atoms with Crippen LogP contribution in [0.3, 0.4) is 0 Å². The monoisotopic (exact) mass is 1370 g/mol. The minimum Gasteiger partial charge on any atom is -0.355 e. The van der Waals surface area contributed by atoms with Crippen molar-refractivity contribution in [3.63, 3.8) is 0 Å². The van der Waals surface area contributed by atoms with Crippen molar-refractivity contribution in [3.05, 3.63) is 385 Å². The summed E-state index contributed by atoms with van der Waals surface area (Å²) in [7, 11) is 0. The van der Waals surface area contributed by atoms with E-state index in [4.69, 9.17) is 46.3 Å². The van der Waals surface area contributed by atoms with Crippen LogP contribution in [0.1, 0.15) is 31.7 Å². The average molecular weight is 1370 g/mol. The van der Waals surface area contributed by atoms with Crippen molar-refractivity contribution >= 4 is 166 Å². The van der Waals surface area contributed by atoms with Crippen LogP contribution in [-0.2, 0) is 0 Å². The van der Waals surface area contributed by atoms with E-state index in [1.165, 1.54) is 0 Å². The van der Waals surface area contributed by atoms with Crippen molar-refractivity contribution in [3.8, 4) is 23.5 Å². The molecule has 0 saturated carbocycles. The van der Waals surface area contributed by atoms with Gasteiger partial charge in [0.2, 0.25) is 0 Å². The molecule has 0 saturated heterocycles. The van der Waals surface area contributed by atoms with E-state index in [0.29, 0.717) is 49.6 Å². The maximum Gasteiger partial charge on any atom is 0.0991 e. The molecule has 0 aliphatic carbocycles. The van der Waals surface area contributed by atoms with Crippen molar-refractivity contribution in [2.75, 3.05) is 15.1 Å². The molecule has 7 nitrogen and oxygen atoms in total. The molecular weight excluding hydrogens is 1300 g/mol. The first-order valence-corrected chi connectivity index (χ1v) is 33.6. The Balaban J connectivity index is 0.000000164. The molecule has 1 N–H and O–H groups in total. The van der Waals surface area contributed by atoms with Crippen molar-refractivity contribution in [1.29, 1.82) is 10.5 Å². The number of hydrogen-bond donors (Lipinski definition) is 1. The predicted molar refractivity (Wildman–Crippen MR) is 434 cm³/mol. The zero-order valence-electron chi connectivity index (χ0n) is 69.4. The number of para-hydroxylation sites is 3. The van der Waals surface area contributed by atoms with Crippen LogP contribution in [0.4, 0.5) is 45.5 Å². The van der Waals surface area contributed by atoms with Crippen LogP contribution in [0.2, 0.25) is 10.0 Å². The van der Waals surface area contributed by atoms with Gasteiger partial charge in [-0.1, -0.05) is 211 Å². The molecule has 0 radical (unpaired) electrons. The Bertz CT molecular complexity index is 7410. The number of anilines is 8. The fourth-order valence-corrected chi connectivity index (χ4v) is 14.1. The number of rotatable bonds is 10. The molecule has 17 aromatic carbocycles. The number of hydrogen-bond acceptors (Lipinski definition) is 5. The Kier molecular flexibility index (Phi) is 12.9. The van der Waals surface area contributed by atoms with Crippen molar-refractivity contribution < 1.29 is 20.6 Å². The van der Waals surface area contributed by atoms with Gasteiger partial charge in [0.25, 0.3) is 0 Å². The molecule has 0 aliphatic heterocycles. The van der Waals surface area contributed by atoms with Crippen molar-refractivity contribution in [1.82, 2.24) is 9.13 Å². The number of nitriles is 2. The highest BCUT2D eigenvalue weighted by Gasteiger charge is 2.22. The van der Waals surface area contributed by atoms with Crippen molar-refractivity contribution in [2.45, 2.75) is 0 Å². The molecule has 0 atom stereocenters. The van der Waals surface area contributed by atoms with Crippen LogP contribution >= 0.6 is 23.2 Å². The molecule has 0 aliphatic rings. The number of benzene rings is 17. The van der Waals surface area contributed by atoms with Crippen LogP contribution in [0, 0.1) is 22.7 Å². The van der Waals surface area contributed by atoms with Crippen LogP contribution < -0.4 is 15.1 Å². The van der Waals surface area contributed by atoms with E-state index in [9.17, 15) is 8.00 Å². The highest BCUT2D eigenvalue weighted by atomic mass is 35.5. The lowest BCUT2D eigenvalue weighted by Crippen LogP contribution is -2.10. The zero-order valence-corrected chi connectivity index (χ0v) is 55.9. The van der Waals surface area contributed by atoms with Gasteiger partial charge in [0.05, 0.1) is 77.3 Å². The first-order valence-electron chi connectivity index (χ1n) is 40.4. The minimum atomic E-state index is -0.494. The fraction of sp³-hybridized carbons (Fsp3) is 0. The summed E-state index contributed by atoms with van der Waals surface area (Å²) in [5.41, 5.74) is 9.57. The normalized spacial score (nSPS) is 13.2. The third-order valence-electron chi connectivity index (χ3n) is 18.4. The summed E-state index contributed by atoms with van der Waals surface area (Å²) < 4.78 is 131. The second kappa shape index (κ2) is 27.4. The highest BCUT2D eigenvalue weighted by molar-refractivity contribution is 6.32. The standard InChI is InChI=1S/C55H36N4.C23H12Cl2N2.C16H13N/c56-37-38-25-28-45(29-26-38)59-54-35-42-33-46(57(43-17-3-1-4-18-43)52-23-11-15-39-13-7-9-21-48(39)52)30-27-41(42)34-51(54)50-32-31-47(36-55(50)59)58(44-19-5-2-6-20-44)53-24-12-16-40-14-8-10-22-49(40)53;24-17-4-3-15-10-21-20-8-5-18(25)12-23(20)27(22(21)11-16(15)9-17)19-6-1-14(13-26)2-7-19;1-2-9-14(10-3-1)17-16-12-6-8-13-7-4-5-11-15(13)16/h1-36H;1-12H;1-12,17H/i1D,2D,3D,4D,5D,6D,17D,18D,19D,20D;;1D,2D,3D,9D,10D. The Morgan fingerprint density at radius 2 is 0.709 bits per heavy atom. The molecule has 2 heterocycles. The summed E-state index contributed by atoms with van der Waals surface area (Å²) in [4.78, 5) is 3.46. The third kappa shape index (κ3) is 12.2. The van der Waals surface area contributed by atoms with Gasteiger partial charge in [0.1, 0.15) is 0 Å². The molecule has 9 heteroatoms. The number of nitrogens with one attached hydrogen (secondary N) is 1. The molecule has 0 spiro atoms. The zero-order chi connectivity index (χ0) is 82.4. The number of nitrogens with zero attached hydrogens (tertiary/aromatic N) is 6. The molecule has 0 unspecified atom stereocenters. The molecule has 19 aromatic rings. The van der Waals surface area contributed by atoms with E-state index in [-0.39, 0.29) is 65.4 Å². The maximum atomic E-state index is 9.79. The molecule has 2 aromatic heterocycles. The summed E-state index contributed by atoms with van der Waals surface area (Å²) in [6.07, 6.45) is 0. The second-order valence-corrected chi connectivity index (χ2v) is 25.3. The summed E-state index contributed by atoms with van der Waals surface area (Å²) in [6, 6.07) is 85.7. The summed E-state index contributed by atoms with van der Waals surface area (Å²) in [5.74, 6) is 0. The lowest BCUT2D eigenvalue weighted by Gasteiger charge is -2.27. The lowest BCUT2D eigenvalue weighted by atomic mass is 10.0. The van der Waals surface area contributed by atoms with Gasteiger partial charge in [-0.25, -0.2) is 0 Å². The first kappa shape index (κ1) is 48.4. The maximum absolute atomic E-state index is 9.79. The number of halogens is 2. The molecule has 486 valence electrons. The summed E-state index contributed by atoms with van der Waals surface area (Å²) in [5, 5.41) is 36.6. The highest BCUT2D eigenvalue weighted by Crippen LogP contribution is 2.46. The van der Waals surface area contributed by atoms with Crippen LogP contribution in [0.5, 0.6) is 0 Å². The first-order chi connectivity index (χ1) is 57.0. The topological polar surface area (TPSA) is 76.0 Å². The molecule has 0 bridgehead atoms. The Morgan fingerprint density at radius 1 is 0.301 bits per heavy atom. The van der Waals surface area contributed by atoms with Crippen LogP contribution in [-0.4, -0.2) is 9.13 Å². The smallest absolute Gasteiger partial charge is 0.0991 e. The third-order valence-corrected chi connectivity index (χ3v) is 18.8. The number of fused-ring (bicyclic) bond motifs is 11. The van der Waals surface area contributed by atoms with E-state index in [2.05, 4.69) is 50.9 Å². The van der Waals surface area contributed by atoms with Gasteiger partial charge >= 0.3 is 0 Å². The Labute approximate surface area is 626 Å². The molecule has 0 amide bonds. The predicted octanol–water partition coefficient (Wildman–Crippen LogP) is 26.8. The van der Waals surface area contributed by atoms with Crippen LogP contribution in [0.15, 0.2) is 364 Å². The van der Waals surface area contributed by atoms with Gasteiger partial charge in [0, 0.05) is 93.2 Å². The largest absolute Gasteiger partial charge is 0.355 e. The molecular formula is C94H61Cl2N7. The SMILES string of the molecule is N#Cc1ccc(-n2c3cc(Cl)ccc3c3cc4ccc(Cl)cc4cc32)cc1.[2H]c1c([2H])c([2H])c(N(c2ccc3cc4c5ccc(N(c6c([2H])c([2H])c([2H])c([2H])c6[2H])c6cccc7ccccc67)cc5n(-c5ccc(C#N)cc5)c4cc3c2)c2cccc3ccccc23)c([2H])c1[2H].[2H]c1c([2H])c([2H])c(Nc2cccc3ccccc23)c([2H])c1[2H]. The van der Waals surface area contributed by atoms with E-state index in [1.54, 1.807) is 21.9 Å². The van der Waals surface area contributed by atoms with E-state index >= 15 is 0 Å². The summed E-state index contributed by atoms with van der Waals surface area (Å²) >= 11 is 12.5. The van der Waals surface area contributed by atoms with Gasteiger partial charge in [-0.05, 0) is 213 Å². The fourth-order valence-electron chi connectivity index (χ4n) is 13.7. The van der Waals surface area contributed by atoms with Crippen molar-refractivity contribution in [2.24, 2.45) is 0 Å². The van der Waals surface area contributed by atoms with Gasteiger partial charge in [-0.15, -0.1) is 0 Å². The van der Waals surface area contributed by atoms with Crippen LogP contribution in [0.25, 0.3) is 109 Å². The van der Waals surface area contributed by atoms with E-state index in [1.807, 2.05) is 237 Å². The molecule has 103 heavy (non-hydrogen) atoms. The average Bonchev–Trinajstić information content (AvgIpc) is 1.48. The second-order valence-electron chi connectivity index (χ2n) is 24.4. The van der Waals surface area contributed by atoms with Gasteiger partial charge < -0.3 is 24.3 Å². The molecule has 19 rings (SSSR count). The van der Waals surface area contributed by atoms with Gasteiger partial charge in [-0.2, -0.15) is 10.5 Å². The quantitative estimate of drug-likeness (QED) is 0.148. The molecule has 0 fully saturated rings. The van der Waals surface area contributed by atoms with Gasteiger partial charge in [-0.3, -0.25) is 0 Å². The van der Waals surface area contributed by atoms with Gasteiger partial charge in [0.15, 0.2) is 0 Å². The lowest BCUT2D eigenvalue weighted by molar-refractivity contribution is 1.18. The van der Waals surface area contributed by atoms with E-state index in [0.717, 1.165) is 109 Å². The Morgan fingerprint density at radius 3 is 1.25 bits per heavy atom. The summed E-state index contributed by atoms with van der Waals surface area (Å²) in [6.45, 7) is 0. The minimum absolute atomic E-state index is 0.00636. The van der Waals surface area contributed by atoms with E-state index < -0.39 is 42.3 Å². The number of aromatic nitrogens is 2.